The monoisotopic (exact) mass is 456 g/mol. The van der Waals surface area contributed by atoms with Crippen LogP contribution in [-0.4, -0.2) is 33.7 Å². The number of thioether (sulfide) groups is 1. The Balaban J connectivity index is 1.83. The first kappa shape index (κ1) is 20.6. The van der Waals surface area contributed by atoms with Crippen LogP contribution < -0.4 is 20.3 Å². The van der Waals surface area contributed by atoms with Gasteiger partial charge in [-0.05, 0) is 30.2 Å². The number of nitro groups is 1. The van der Waals surface area contributed by atoms with Gasteiger partial charge in [-0.1, -0.05) is 25.6 Å². The number of nitrogens with zero attached hydrogens (tertiary/aromatic N) is 2. The van der Waals surface area contributed by atoms with Gasteiger partial charge in [0.25, 0.3) is 5.56 Å². The van der Waals surface area contributed by atoms with E-state index in [2.05, 4.69) is 15.3 Å². The Morgan fingerprint density at radius 1 is 1.25 bits per heavy atom. The van der Waals surface area contributed by atoms with E-state index in [1.54, 1.807) is 12.3 Å². The van der Waals surface area contributed by atoms with Gasteiger partial charge in [0, 0.05) is 23.3 Å². The van der Waals surface area contributed by atoms with Gasteiger partial charge in [0.15, 0.2) is 16.7 Å². The molecular formula is C21H20N4O6S. The number of nitrogens with one attached hydrogen (secondary N) is 2. The standard InChI is InChI=1S/C21H20N4O6S/c1-21(2)6-10-14(11(26)7-21)13(15-18(22-10)23-20(32-3)24-19(15)27)9-4-5-12-17(31-8-30-12)16(9)25(28)29/h4-5,13H,6-8H2,1-3H3,(H2,22,23,24,27)/t13-/m0/s1. The molecule has 0 fully saturated rings. The Hall–Kier alpha value is -3.34. The van der Waals surface area contributed by atoms with E-state index < -0.39 is 16.4 Å². The van der Waals surface area contributed by atoms with E-state index in [-0.39, 0.29) is 52.7 Å². The molecule has 10 nitrogen and oxygen atoms in total. The number of ether oxygens (including phenoxy) is 2. The normalized spacial score (nSPS) is 20.5. The van der Waals surface area contributed by atoms with Crippen molar-refractivity contribution < 1.29 is 19.2 Å². The van der Waals surface area contributed by atoms with E-state index >= 15 is 0 Å². The topological polar surface area (TPSA) is 136 Å². The average molecular weight is 456 g/mol. The van der Waals surface area contributed by atoms with Gasteiger partial charge < -0.3 is 19.8 Å². The molecule has 1 aliphatic carbocycles. The maximum Gasteiger partial charge on any atom is 0.319 e. The summed E-state index contributed by atoms with van der Waals surface area (Å²) < 4.78 is 10.7. The fraction of sp³-hybridized carbons (Fsp3) is 0.381. The summed E-state index contributed by atoms with van der Waals surface area (Å²) in [5, 5.41) is 15.7. The van der Waals surface area contributed by atoms with Crippen molar-refractivity contribution in [1.82, 2.24) is 9.97 Å². The van der Waals surface area contributed by atoms with Crippen molar-refractivity contribution in [2.24, 2.45) is 5.41 Å². The Bertz CT molecular complexity index is 1280. The number of anilines is 1. The van der Waals surface area contributed by atoms with Crippen LogP contribution in [0.3, 0.4) is 0 Å². The molecule has 2 aliphatic heterocycles. The first-order valence-electron chi connectivity index (χ1n) is 9.98. The minimum Gasteiger partial charge on any atom is -0.453 e. The van der Waals surface area contributed by atoms with Crippen molar-refractivity contribution in [3.05, 3.63) is 55.0 Å². The molecule has 166 valence electrons. The smallest absolute Gasteiger partial charge is 0.319 e. The molecule has 0 radical (unpaired) electrons. The number of aromatic amines is 1. The molecule has 32 heavy (non-hydrogen) atoms. The molecule has 0 spiro atoms. The summed E-state index contributed by atoms with van der Waals surface area (Å²) in [6.07, 6.45) is 2.60. The van der Waals surface area contributed by atoms with Crippen molar-refractivity contribution in [2.75, 3.05) is 18.4 Å². The zero-order valence-electron chi connectivity index (χ0n) is 17.6. The van der Waals surface area contributed by atoms with E-state index in [0.29, 0.717) is 28.7 Å². The highest BCUT2D eigenvalue weighted by Crippen LogP contribution is 2.52. The first-order valence-corrected chi connectivity index (χ1v) is 11.2. The fourth-order valence-corrected chi connectivity index (χ4v) is 5.07. The largest absolute Gasteiger partial charge is 0.453 e. The van der Waals surface area contributed by atoms with Gasteiger partial charge in [-0.25, -0.2) is 4.98 Å². The van der Waals surface area contributed by atoms with Gasteiger partial charge in [-0.15, -0.1) is 0 Å². The molecule has 1 aromatic heterocycles. The molecule has 0 unspecified atom stereocenters. The lowest BCUT2D eigenvalue weighted by Crippen LogP contribution is -2.37. The highest BCUT2D eigenvalue weighted by molar-refractivity contribution is 7.98. The predicted octanol–water partition coefficient (Wildman–Crippen LogP) is 3.33. The Kier molecular flexibility index (Phi) is 4.55. The Labute approximate surface area is 186 Å². The van der Waals surface area contributed by atoms with Crippen LogP contribution in [-0.2, 0) is 4.79 Å². The van der Waals surface area contributed by atoms with Crippen LogP contribution in [0.4, 0.5) is 11.5 Å². The predicted molar refractivity (Wildman–Crippen MR) is 116 cm³/mol. The molecule has 0 saturated heterocycles. The third-order valence-electron chi connectivity index (χ3n) is 5.93. The molecule has 0 bridgehead atoms. The molecule has 0 saturated carbocycles. The number of allylic oxidation sites excluding steroid dienone is 2. The number of H-pyrrole nitrogens is 1. The highest BCUT2D eigenvalue weighted by Gasteiger charge is 2.45. The lowest BCUT2D eigenvalue weighted by Gasteiger charge is -2.38. The molecule has 3 heterocycles. The van der Waals surface area contributed by atoms with Crippen LogP contribution in [0.5, 0.6) is 11.5 Å². The number of Topliss-reactive ketones (excluding diaryl/α,β-unsaturated/α-hetero) is 1. The number of rotatable bonds is 3. The molecular weight excluding hydrogens is 436 g/mol. The summed E-state index contributed by atoms with van der Waals surface area (Å²) in [6, 6.07) is 3.10. The second kappa shape index (κ2) is 7.09. The van der Waals surface area contributed by atoms with Crippen LogP contribution >= 0.6 is 11.8 Å². The summed E-state index contributed by atoms with van der Waals surface area (Å²) in [4.78, 5) is 45.2. The van der Waals surface area contributed by atoms with Crippen molar-refractivity contribution in [1.29, 1.82) is 0 Å². The van der Waals surface area contributed by atoms with Gasteiger partial charge in [0.1, 0.15) is 5.82 Å². The zero-order valence-corrected chi connectivity index (χ0v) is 18.4. The molecule has 2 aromatic rings. The maximum absolute atomic E-state index is 13.3. The third kappa shape index (κ3) is 3.07. The number of carbonyl (C=O) groups is 1. The summed E-state index contributed by atoms with van der Waals surface area (Å²) in [7, 11) is 0. The molecule has 2 N–H and O–H groups in total. The van der Waals surface area contributed by atoms with Crippen LogP contribution in [0.15, 0.2) is 33.4 Å². The van der Waals surface area contributed by atoms with Crippen LogP contribution in [0.2, 0.25) is 0 Å². The van der Waals surface area contributed by atoms with E-state index in [1.165, 1.54) is 17.8 Å². The van der Waals surface area contributed by atoms with E-state index in [4.69, 9.17) is 9.47 Å². The number of ketones is 1. The quantitative estimate of drug-likeness (QED) is 0.308. The number of aromatic nitrogens is 2. The zero-order chi connectivity index (χ0) is 22.8. The van der Waals surface area contributed by atoms with Crippen LogP contribution in [0.1, 0.15) is 43.7 Å². The summed E-state index contributed by atoms with van der Waals surface area (Å²) in [5.74, 6) is -0.543. The van der Waals surface area contributed by atoms with Crippen molar-refractivity contribution in [2.45, 2.75) is 37.8 Å². The molecule has 1 aromatic carbocycles. The highest BCUT2D eigenvalue weighted by atomic mass is 32.2. The molecule has 11 heteroatoms. The number of benzene rings is 1. The van der Waals surface area contributed by atoms with E-state index in [9.17, 15) is 19.7 Å². The number of fused-ring (bicyclic) bond motifs is 2. The first-order chi connectivity index (χ1) is 15.2. The van der Waals surface area contributed by atoms with Crippen LogP contribution in [0, 0.1) is 15.5 Å². The van der Waals surface area contributed by atoms with Gasteiger partial charge >= 0.3 is 5.69 Å². The fourth-order valence-electron chi connectivity index (χ4n) is 4.70. The summed E-state index contributed by atoms with van der Waals surface area (Å²) in [6.45, 7) is 3.84. The van der Waals surface area contributed by atoms with Gasteiger partial charge in [0.2, 0.25) is 12.5 Å². The van der Waals surface area contributed by atoms with Crippen LogP contribution in [0.25, 0.3) is 0 Å². The summed E-state index contributed by atoms with van der Waals surface area (Å²) >= 11 is 1.27. The minimum atomic E-state index is -0.952. The average Bonchev–Trinajstić information content (AvgIpc) is 3.18. The van der Waals surface area contributed by atoms with Crippen molar-refractivity contribution in [3.63, 3.8) is 0 Å². The second-order valence-electron chi connectivity index (χ2n) is 8.72. The SMILES string of the molecule is CSc1nc2c(c(=O)[nH]1)[C@@H](c1ccc3c(c1[N+](=O)[O-])OCO3)C1=C(CC(C)(C)CC1=O)N2. The maximum atomic E-state index is 13.3. The Morgan fingerprint density at radius 3 is 2.75 bits per heavy atom. The van der Waals surface area contributed by atoms with Gasteiger partial charge in [-0.3, -0.25) is 19.7 Å². The third-order valence-corrected chi connectivity index (χ3v) is 6.51. The number of hydrogen-bond acceptors (Lipinski definition) is 9. The molecule has 0 amide bonds. The van der Waals surface area contributed by atoms with Crippen molar-refractivity contribution >= 4 is 29.1 Å². The van der Waals surface area contributed by atoms with Crippen molar-refractivity contribution in [3.8, 4) is 11.5 Å². The van der Waals surface area contributed by atoms with E-state index in [1.807, 2.05) is 13.8 Å². The number of hydrogen-bond donors (Lipinski definition) is 2. The van der Waals surface area contributed by atoms with E-state index in [0.717, 1.165) is 0 Å². The number of nitro benzene ring substituents is 1. The molecule has 5 rings (SSSR count). The Morgan fingerprint density at radius 2 is 2.03 bits per heavy atom. The van der Waals surface area contributed by atoms with Gasteiger partial charge in [-0.2, -0.15) is 0 Å². The lowest BCUT2D eigenvalue weighted by atomic mass is 9.69. The molecule has 1 atom stereocenters. The summed E-state index contributed by atoms with van der Waals surface area (Å²) in [5.41, 5.74) is 0.325. The second-order valence-corrected chi connectivity index (χ2v) is 9.52. The van der Waals surface area contributed by atoms with Gasteiger partial charge in [0.05, 0.1) is 16.4 Å². The number of carbonyl (C=O) groups excluding carboxylic acids is 1. The molecule has 3 aliphatic rings. The lowest BCUT2D eigenvalue weighted by molar-refractivity contribution is -0.386. The minimum absolute atomic E-state index is 0.00319.